The van der Waals surface area contributed by atoms with E-state index < -0.39 is 0 Å². The van der Waals surface area contributed by atoms with Crippen LogP contribution in [-0.2, 0) is 0 Å². The predicted octanol–water partition coefficient (Wildman–Crippen LogP) is 6.00. The summed E-state index contributed by atoms with van der Waals surface area (Å²) in [6.45, 7) is 14.0. The molecule has 20 heavy (non-hydrogen) atoms. The molecule has 3 aliphatic carbocycles. The van der Waals surface area contributed by atoms with Gasteiger partial charge < -0.3 is 0 Å². The molecule has 0 aromatic rings. The van der Waals surface area contributed by atoms with Crippen molar-refractivity contribution in [3.63, 3.8) is 0 Å². The lowest BCUT2D eigenvalue weighted by Gasteiger charge is -2.26. The maximum atomic E-state index is 4.43. The second-order valence-corrected chi connectivity index (χ2v) is 8.39. The van der Waals surface area contributed by atoms with E-state index in [0.29, 0.717) is 5.41 Å². The lowest BCUT2D eigenvalue weighted by molar-refractivity contribution is 0.266. The van der Waals surface area contributed by atoms with Gasteiger partial charge >= 0.3 is 0 Å². The highest BCUT2D eigenvalue weighted by molar-refractivity contribution is 5.21. The topological polar surface area (TPSA) is 0 Å². The normalized spacial score (nSPS) is 46.4. The SMILES string of the molecule is C=C1CCC2C(C3C(C)CCC13)C2(C)CCC=C(C)C. The molecule has 112 valence electrons. The second-order valence-electron chi connectivity index (χ2n) is 8.39. The predicted molar refractivity (Wildman–Crippen MR) is 87.5 cm³/mol. The highest BCUT2D eigenvalue weighted by Gasteiger charge is 2.65. The van der Waals surface area contributed by atoms with Crippen molar-refractivity contribution in [2.45, 2.75) is 66.2 Å². The zero-order valence-electron chi connectivity index (χ0n) is 13.9. The zero-order chi connectivity index (χ0) is 14.5. The first kappa shape index (κ1) is 14.4. The van der Waals surface area contributed by atoms with Gasteiger partial charge in [-0.05, 0) is 87.4 Å². The molecule has 6 unspecified atom stereocenters. The summed E-state index contributed by atoms with van der Waals surface area (Å²) >= 11 is 0. The van der Waals surface area contributed by atoms with E-state index in [1.54, 1.807) is 5.57 Å². The molecular formula is C20H32. The molecule has 0 radical (unpaired) electrons. The van der Waals surface area contributed by atoms with E-state index in [-0.39, 0.29) is 0 Å². The first-order valence-corrected chi connectivity index (χ1v) is 8.76. The summed E-state index contributed by atoms with van der Waals surface area (Å²) in [4.78, 5) is 0. The molecule has 3 fully saturated rings. The Morgan fingerprint density at radius 3 is 2.75 bits per heavy atom. The van der Waals surface area contributed by atoms with Crippen molar-refractivity contribution in [2.24, 2.45) is 35.0 Å². The van der Waals surface area contributed by atoms with E-state index in [2.05, 4.69) is 40.3 Å². The van der Waals surface area contributed by atoms with Crippen molar-refractivity contribution in [3.8, 4) is 0 Å². The molecule has 0 aromatic heterocycles. The number of rotatable bonds is 3. The van der Waals surface area contributed by atoms with Gasteiger partial charge in [0, 0.05) is 0 Å². The summed E-state index contributed by atoms with van der Waals surface area (Å²) in [7, 11) is 0. The maximum absolute atomic E-state index is 4.43. The van der Waals surface area contributed by atoms with Gasteiger partial charge in [0.1, 0.15) is 0 Å². The minimum absolute atomic E-state index is 0.647. The Labute approximate surface area is 125 Å². The van der Waals surface area contributed by atoms with Crippen LogP contribution in [0.1, 0.15) is 66.2 Å². The molecule has 3 rings (SSSR count). The summed E-state index contributed by atoms with van der Waals surface area (Å²) < 4.78 is 0. The fraction of sp³-hybridized carbons (Fsp3) is 0.800. The third kappa shape index (κ3) is 2.20. The van der Waals surface area contributed by atoms with Gasteiger partial charge in [-0.3, -0.25) is 0 Å². The minimum Gasteiger partial charge on any atom is -0.0996 e. The van der Waals surface area contributed by atoms with Crippen LogP contribution in [0, 0.1) is 35.0 Å². The molecule has 3 saturated carbocycles. The Morgan fingerprint density at radius 2 is 2.05 bits per heavy atom. The van der Waals surface area contributed by atoms with Crippen LogP contribution in [0.2, 0.25) is 0 Å². The molecule has 6 atom stereocenters. The first-order valence-electron chi connectivity index (χ1n) is 8.76. The van der Waals surface area contributed by atoms with Crippen molar-refractivity contribution in [1.82, 2.24) is 0 Å². The van der Waals surface area contributed by atoms with Crippen LogP contribution >= 0.6 is 0 Å². The molecule has 0 heteroatoms. The number of allylic oxidation sites excluding steroid dienone is 3. The Balaban J connectivity index is 1.75. The number of hydrogen-bond donors (Lipinski definition) is 0. The van der Waals surface area contributed by atoms with Crippen LogP contribution in [0.15, 0.2) is 23.8 Å². The average molecular weight is 272 g/mol. The lowest BCUT2D eigenvalue weighted by atomic mass is 9.78. The molecule has 0 saturated heterocycles. The van der Waals surface area contributed by atoms with Crippen LogP contribution in [0.4, 0.5) is 0 Å². The second kappa shape index (κ2) is 5.04. The highest BCUT2D eigenvalue weighted by Crippen LogP contribution is 2.72. The minimum atomic E-state index is 0.647. The Bertz CT molecular complexity index is 425. The highest BCUT2D eigenvalue weighted by atomic mass is 14.7. The standard InChI is InChI=1S/C20H32/c1-13(2)7-6-12-20(5)17-11-9-14(3)16-10-8-15(4)18(16)19(17)20/h7,15-19H,3,6,8-12H2,1-2,4-5H3. The van der Waals surface area contributed by atoms with Gasteiger partial charge in [0.15, 0.2) is 0 Å². The van der Waals surface area contributed by atoms with Crippen molar-refractivity contribution in [3.05, 3.63) is 23.8 Å². The van der Waals surface area contributed by atoms with Crippen molar-refractivity contribution >= 4 is 0 Å². The van der Waals surface area contributed by atoms with E-state index in [1.165, 1.54) is 44.1 Å². The molecule has 0 heterocycles. The van der Waals surface area contributed by atoms with Crippen molar-refractivity contribution in [1.29, 1.82) is 0 Å². The van der Waals surface area contributed by atoms with Crippen LogP contribution in [0.5, 0.6) is 0 Å². The molecule has 3 aliphatic rings. The number of hydrogen-bond acceptors (Lipinski definition) is 0. The molecule has 0 bridgehead atoms. The Morgan fingerprint density at radius 1 is 1.30 bits per heavy atom. The average Bonchev–Trinajstić information content (AvgIpc) is 2.81. The number of fused-ring (bicyclic) bond motifs is 3. The summed E-state index contributed by atoms with van der Waals surface area (Å²) in [6, 6.07) is 0. The van der Waals surface area contributed by atoms with Gasteiger partial charge in [0.25, 0.3) is 0 Å². The fourth-order valence-electron chi connectivity index (χ4n) is 5.77. The van der Waals surface area contributed by atoms with E-state index in [9.17, 15) is 0 Å². The van der Waals surface area contributed by atoms with Crippen molar-refractivity contribution < 1.29 is 0 Å². The quantitative estimate of drug-likeness (QED) is 0.553. The van der Waals surface area contributed by atoms with Crippen LogP contribution in [0.25, 0.3) is 0 Å². The summed E-state index contributed by atoms with van der Waals surface area (Å²) in [6.07, 6.45) is 10.8. The van der Waals surface area contributed by atoms with E-state index in [0.717, 1.165) is 29.6 Å². The van der Waals surface area contributed by atoms with Crippen molar-refractivity contribution in [2.75, 3.05) is 0 Å². The summed E-state index contributed by atoms with van der Waals surface area (Å²) in [5.74, 6) is 4.78. The van der Waals surface area contributed by atoms with Gasteiger partial charge in [-0.2, -0.15) is 0 Å². The summed E-state index contributed by atoms with van der Waals surface area (Å²) in [5, 5.41) is 0. The third-order valence-corrected chi connectivity index (χ3v) is 6.94. The van der Waals surface area contributed by atoms with Gasteiger partial charge in [-0.15, -0.1) is 0 Å². The lowest BCUT2D eigenvalue weighted by Crippen LogP contribution is -2.19. The Hall–Kier alpha value is -0.520. The third-order valence-electron chi connectivity index (χ3n) is 6.94. The largest absolute Gasteiger partial charge is 0.0996 e. The Kier molecular flexibility index (Phi) is 3.63. The molecule has 0 aliphatic heterocycles. The molecule has 0 nitrogen and oxygen atoms in total. The van der Waals surface area contributed by atoms with Gasteiger partial charge in [-0.1, -0.05) is 37.6 Å². The molecular weight excluding hydrogens is 240 g/mol. The van der Waals surface area contributed by atoms with Gasteiger partial charge in [0.2, 0.25) is 0 Å². The van der Waals surface area contributed by atoms with Crippen LogP contribution < -0.4 is 0 Å². The maximum Gasteiger partial charge on any atom is -0.0172 e. The summed E-state index contributed by atoms with van der Waals surface area (Å²) in [5.41, 5.74) is 3.72. The van der Waals surface area contributed by atoms with E-state index >= 15 is 0 Å². The van der Waals surface area contributed by atoms with E-state index in [1.807, 2.05) is 0 Å². The van der Waals surface area contributed by atoms with Crippen LogP contribution in [0.3, 0.4) is 0 Å². The fourth-order valence-corrected chi connectivity index (χ4v) is 5.77. The first-order chi connectivity index (χ1) is 9.45. The smallest absolute Gasteiger partial charge is 0.0172 e. The molecule has 0 aromatic carbocycles. The zero-order valence-corrected chi connectivity index (χ0v) is 13.9. The van der Waals surface area contributed by atoms with E-state index in [4.69, 9.17) is 0 Å². The molecule has 0 N–H and O–H groups in total. The molecule has 0 amide bonds. The van der Waals surface area contributed by atoms with Gasteiger partial charge in [0.05, 0.1) is 0 Å². The van der Waals surface area contributed by atoms with Crippen LogP contribution in [-0.4, -0.2) is 0 Å². The van der Waals surface area contributed by atoms with Gasteiger partial charge in [-0.25, -0.2) is 0 Å². The monoisotopic (exact) mass is 272 g/mol. The molecule has 0 spiro atoms.